The fraction of sp³-hybridized carbons (Fsp3) is 0.545. The van der Waals surface area contributed by atoms with Crippen LogP contribution >= 0.6 is 0 Å². The molecule has 0 amide bonds. The van der Waals surface area contributed by atoms with Gasteiger partial charge in [0, 0.05) is 28.8 Å². The Bertz CT molecular complexity index is 598. The molecule has 3 unspecified atom stereocenters. The molecule has 0 heterocycles. The smallest absolute Gasteiger partial charge is 0.0318 e. The minimum atomic E-state index is 0.0960. The van der Waals surface area contributed by atoms with Crippen molar-refractivity contribution in [3.8, 4) is 0 Å². The van der Waals surface area contributed by atoms with E-state index in [1.807, 2.05) is 6.92 Å². The second-order valence-corrected chi connectivity index (χ2v) is 8.66. The van der Waals surface area contributed by atoms with Gasteiger partial charge in [-0.25, -0.2) is 0 Å². The van der Waals surface area contributed by atoms with Gasteiger partial charge in [-0.15, -0.1) is 0 Å². The molecule has 2 rings (SSSR count). The van der Waals surface area contributed by atoms with Crippen LogP contribution in [0.3, 0.4) is 0 Å². The van der Waals surface area contributed by atoms with E-state index in [2.05, 4.69) is 88.4 Å². The Balaban J connectivity index is 2.24. The number of likely N-dealkylation sites (N-methyl/N-ethyl adjacent to an activating group) is 1. The zero-order valence-electron chi connectivity index (χ0n) is 16.2. The normalized spacial score (nSPS) is 29.9. The zero-order chi connectivity index (χ0) is 18.0. The van der Waals surface area contributed by atoms with Crippen molar-refractivity contribution in [2.24, 2.45) is 16.7 Å². The average Bonchev–Trinajstić information content (AvgIpc) is 2.48. The summed E-state index contributed by atoms with van der Waals surface area (Å²) in [5.41, 5.74) is 4.05. The van der Waals surface area contributed by atoms with E-state index < -0.39 is 0 Å². The molecule has 0 bridgehead atoms. The summed E-state index contributed by atoms with van der Waals surface area (Å²) in [4.78, 5) is 0. The van der Waals surface area contributed by atoms with Crippen molar-refractivity contribution in [2.45, 2.75) is 53.5 Å². The van der Waals surface area contributed by atoms with Crippen molar-refractivity contribution in [2.75, 3.05) is 7.05 Å². The molecule has 0 aromatic heterocycles. The zero-order valence-corrected chi connectivity index (χ0v) is 16.2. The van der Waals surface area contributed by atoms with Gasteiger partial charge in [0.2, 0.25) is 0 Å². The van der Waals surface area contributed by atoms with Crippen LogP contribution in [0.25, 0.3) is 0 Å². The van der Waals surface area contributed by atoms with Gasteiger partial charge in [0.1, 0.15) is 0 Å². The lowest BCUT2D eigenvalue weighted by molar-refractivity contribution is 0.251. The molecule has 0 aromatic carbocycles. The average molecular weight is 327 g/mol. The Morgan fingerprint density at radius 3 is 2.67 bits per heavy atom. The summed E-state index contributed by atoms with van der Waals surface area (Å²) >= 11 is 0. The summed E-state index contributed by atoms with van der Waals surface area (Å²) in [6.45, 7) is 15.4. The Labute approximate surface area is 148 Å². The van der Waals surface area contributed by atoms with Crippen molar-refractivity contribution in [1.29, 1.82) is 0 Å². The molecule has 0 aliphatic heterocycles. The molecule has 0 fully saturated rings. The van der Waals surface area contributed by atoms with Gasteiger partial charge in [0.05, 0.1) is 0 Å². The number of allylic oxidation sites excluding steroid dienone is 7. The van der Waals surface area contributed by atoms with Crippen LogP contribution in [-0.4, -0.2) is 13.1 Å². The number of hydrogen-bond acceptors (Lipinski definition) is 2. The Morgan fingerprint density at radius 2 is 2.08 bits per heavy atom. The van der Waals surface area contributed by atoms with Gasteiger partial charge in [-0.05, 0) is 38.3 Å². The number of hydrogen-bond donors (Lipinski definition) is 2. The maximum Gasteiger partial charge on any atom is 0.0318 e. The summed E-state index contributed by atoms with van der Waals surface area (Å²) in [7, 11) is 2.05. The predicted octanol–water partition coefficient (Wildman–Crippen LogP) is 5.10. The van der Waals surface area contributed by atoms with E-state index >= 15 is 0 Å². The monoisotopic (exact) mass is 326 g/mol. The molecule has 2 aliphatic carbocycles. The van der Waals surface area contributed by atoms with Gasteiger partial charge in [0.15, 0.2) is 0 Å². The summed E-state index contributed by atoms with van der Waals surface area (Å²) < 4.78 is 0. The SMILES string of the molecule is C=C(C)NC1=CC=CCC1(C)CC1=CC(C(C)(C)C)C(NC)C=C1. The number of nitrogens with one attached hydrogen (secondary N) is 2. The molecule has 24 heavy (non-hydrogen) atoms. The Hall–Kier alpha value is -1.54. The van der Waals surface area contributed by atoms with Crippen molar-refractivity contribution >= 4 is 0 Å². The Morgan fingerprint density at radius 1 is 1.38 bits per heavy atom. The third-order valence-electron chi connectivity index (χ3n) is 5.19. The summed E-state index contributed by atoms with van der Waals surface area (Å²) in [6, 6.07) is 0.413. The minimum absolute atomic E-state index is 0.0960. The first-order valence-electron chi connectivity index (χ1n) is 9.02. The molecule has 3 atom stereocenters. The van der Waals surface area contributed by atoms with Crippen LogP contribution in [0.4, 0.5) is 0 Å². The van der Waals surface area contributed by atoms with Gasteiger partial charge < -0.3 is 10.6 Å². The van der Waals surface area contributed by atoms with Gasteiger partial charge in [0.25, 0.3) is 0 Å². The van der Waals surface area contributed by atoms with E-state index in [1.165, 1.54) is 11.3 Å². The molecule has 132 valence electrons. The maximum absolute atomic E-state index is 4.01. The summed E-state index contributed by atoms with van der Waals surface area (Å²) in [6.07, 6.45) is 15.9. The molecular formula is C22H34N2. The first-order chi connectivity index (χ1) is 11.2. The second kappa shape index (κ2) is 7.14. The minimum Gasteiger partial charge on any atom is -0.363 e. The first-order valence-corrected chi connectivity index (χ1v) is 9.02. The predicted molar refractivity (Wildman–Crippen MR) is 106 cm³/mol. The first kappa shape index (κ1) is 18.8. The lowest BCUT2D eigenvalue weighted by atomic mass is 9.70. The van der Waals surface area contributed by atoms with Crippen molar-refractivity contribution in [3.05, 3.63) is 60.0 Å². The fourth-order valence-corrected chi connectivity index (χ4v) is 3.76. The molecule has 0 radical (unpaired) electrons. The molecule has 2 nitrogen and oxygen atoms in total. The largest absolute Gasteiger partial charge is 0.363 e. The molecule has 0 spiro atoms. The van der Waals surface area contributed by atoms with Crippen LogP contribution in [0.2, 0.25) is 0 Å². The van der Waals surface area contributed by atoms with E-state index in [4.69, 9.17) is 0 Å². The van der Waals surface area contributed by atoms with Gasteiger partial charge in [-0.2, -0.15) is 0 Å². The lowest BCUT2D eigenvalue weighted by Gasteiger charge is -2.39. The fourth-order valence-electron chi connectivity index (χ4n) is 3.76. The van der Waals surface area contributed by atoms with Crippen LogP contribution in [0.1, 0.15) is 47.5 Å². The van der Waals surface area contributed by atoms with E-state index in [-0.39, 0.29) is 10.8 Å². The molecular weight excluding hydrogens is 292 g/mol. The highest BCUT2D eigenvalue weighted by atomic mass is 14.9. The van der Waals surface area contributed by atoms with Gasteiger partial charge in [-0.1, -0.05) is 70.2 Å². The second-order valence-electron chi connectivity index (χ2n) is 8.66. The molecule has 0 saturated heterocycles. The summed E-state index contributed by atoms with van der Waals surface area (Å²) in [5.74, 6) is 0.506. The van der Waals surface area contributed by atoms with Crippen molar-refractivity contribution in [1.82, 2.24) is 10.6 Å². The van der Waals surface area contributed by atoms with E-state index in [0.717, 1.165) is 18.5 Å². The summed E-state index contributed by atoms with van der Waals surface area (Å²) in [5, 5.41) is 6.93. The van der Waals surface area contributed by atoms with Crippen LogP contribution in [0, 0.1) is 16.7 Å². The third-order valence-corrected chi connectivity index (χ3v) is 5.19. The highest BCUT2D eigenvalue weighted by Gasteiger charge is 2.34. The van der Waals surface area contributed by atoms with E-state index in [1.54, 1.807) is 0 Å². The van der Waals surface area contributed by atoms with Crippen molar-refractivity contribution in [3.63, 3.8) is 0 Å². The molecule has 2 N–H and O–H groups in total. The maximum atomic E-state index is 4.01. The van der Waals surface area contributed by atoms with Gasteiger partial charge in [-0.3, -0.25) is 0 Å². The lowest BCUT2D eigenvalue weighted by Crippen LogP contribution is -2.40. The molecule has 0 saturated carbocycles. The highest BCUT2D eigenvalue weighted by Crippen LogP contribution is 2.42. The van der Waals surface area contributed by atoms with Crippen LogP contribution in [-0.2, 0) is 0 Å². The highest BCUT2D eigenvalue weighted by molar-refractivity contribution is 5.34. The van der Waals surface area contributed by atoms with Crippen LogP contribution in [0.5, 0.6) is 0 Å². The van der Waals surface area contributed by atoms with Crippen molar-refractivity contribution < 1.29 is 0 Å². The quantitative estimate of drug-likeness (QED) is 0.735. The topological polar surface area (TPSA) is 24.1 Å². The van der Waals surface area contributed by atoms with E-state index in [0.29, 0.717) is 12.0 Å². The van der Waals surface area contributed by atoms with E-state index in [9.17, 15) is 0 Å². The third kappa shape index (κ3) is 4.30. The molecule has 0 aromatic rings. The number of rotatable bonds is 5. The molecule has 2 aliphatic rings. The standard InChI is InChI=1S/C22H34N2/c1-16(2)24-20-10-8-9-13-22(20,6)15-17-11-12-19(23-7)18(14-17)21(3,4)5/h8-12,14,18-19,23-24H,1,13,15H2,2-7H3. The molecule has 2 heteroatoms. The van der Waals surface area contributed by atoms with Crippen LogP contribution < -0.4 is 10.6 Å². The Kier molecular flexibility index (Phi) is 5.59. The van der Waals surface area contributed by atoms with Gasteiger partial charge >= 0.3 is 0 Å². The van der Waals surface area contributed by atoms with Crippen LogP contribution in [0.15, 0.2) is 60.0 Å².